The van der Waals surface area contributed by atoms with Gasteiger partial charge in [-0.3, -0.25) is 4.79 Å². The van der Waals surface area contributed by atoms with Gasteiger partial charge in [0.2, 0.25) is 5.56 Å². The van der Waals surface area contributed by atoms with Crippen LogP contribution in [0.4, 0.5) is 0 Å². The van der Waals surface area contributed by atoms with Crippen LogP contribution in [0.1, 0.15) is 0 Å². The first-order valence-electron chi connectivity index (χ1n) is 3.25. The molecule has 0 fully saturated rings. The molecule has 0 spiro atoms. The Morgan fingerprint density at radius 1 is 1.54 bits per heavy atom. The topological polar surface area (TPSA) is 70.2 Å². The van der Waals surface area contributed by atoms with Crippen molar-refractivity contribution in [1.82, 2.24) is 4.98 Å². The molecule has 0 aromatic carbocycles. The number of pyridine rings is 1. The van der Waals surface area contributed by atoms with Gasteiger partial charge in [-0.1, -0.05) is 12.6 Å². The van der Waals surface area contributed by atoms with E-state index in [0.29, 0.717) is 0 Å². The van der Waals surface area contributed by atoms with Crippen LogP contribution in [-0.4, -0.2) is 16.1 Å². The molecule has 70 valence electrons. The Morgan fingerprint density at radius 3 is 2.23 bits per heavy atom. The number of H-pyrrole nitrogens is 1. The van der Waals surface area contributed by atoms with Gasteiger partial charge in [-0.2, -0.15) is 0 Å². The number of aromatic amines is 1. The summed E-state index contributed by atoms with van der Waals surface area (Å²) in [5.41, 5.74) is -0.0532. The number of carboxylic acid groups (broad SMARTS) is 1. The summed E-state index contributed by atoms with van der Waals surface area (Å²) >= 11 is 2.64. The van der Waals surface area contributed by atoms with Gasteiger partial charge in [0.25, 0.3) is 0 Å². The predicted molar refractivity (Wildman–Crippen MR) is 52.8 cm³/mol. The van der Waals surface area contributed by atoms with Crippen molar-refractivity contribution in [1.29, 1.82) is 0 Å². The van der Waals surface area contributed by atoms with E-state index in [2.05, 4.69) is 27.5 Å². The molecule has 0 aliphatic rings. The molecule has 0 radical (unpaired) electrons. The largest absolute Gasteiger partial charge is 0.477 e. The Hall–Kier alpha value is -1.36. The van der Waals surface area contributed by atoms with Gasteiger partial charge in [-0.25, -0.2) is 4.79 Å². The number of nitrogens with one attached hydrogen (secondary N) is 1. The van der Waals surface area contributed by atoms with Gasteiger partial charge in [0.15, 0.2) is 0 Å². The van der Waals surface area contributed by atoms with Crippen LogP contribution in [0.15, 0.2) is 40.3 Å². The number of halogens is 1. The first-order chi connectivity index (χ1) is 6.04. The summed E-state index contributed by atoms with van der Waals surface area (Å²) < 4.78 is -0.0116. The lowest BCUT2D eigenvalue weighted by Gasteiger charge is -1.77. The van der Waals surface area contributed by atoms with Crippen molar-refractivity contribution in [2.75, 3.05) is 0 Å². The van der Waals surface area contributed by atoms with Gasteiger partial charge in [0.05, 0.1) is 4.48 Å². The Bertz CT molecular complexity index is 316. The first kappa shape index (κ1) is 11.6. The fourth-order valence-electron chi connectivity index (χ4n) is 0.377. The predicted octanol–water partition coefficient (Wildman–Crippen LogP) is 1.35. The lowest BCUT2D eigenvalue weighted by molar-refractivity contribution is -0.131. The minimum Gasteiger partial charge on any atom is -0.477 e. The van der Waals surface area contributed by atoms with E-state index in [9.17, 15) is 9.59 Å². The Labute approximate surface area is 83.0 Å². The molecule has 0 saturated heterocycles. The highest BCUT2D eigenvalue weighted by Crippen LogP contribution is 1.97. The Kier molecular flexibility index (Phi) is 5.54. The molecule has 13 heavy (non-hydrogen) atoms. The van der Waals surface area contributed by atoms with Crippen LogP contribution in [-0.2, 0) is 4.79 Å². The second-order valence-corrected chi connectivity index (χ2v) is 2.89. The van der Waals surface area contributed by atoms with Gasteiger partial charge in [-0.05, 0) is 22.0 Å². The Balaban J connectivity index is 0.000000226. The highest BCUT2D eigenvalue weighted by Gasteiger charge is 1.93. The molecule has 1 rings (SSSR count). The molecule has 0 aliphatic carbocycles. The summed E-state index contributed by atoms with van der Waals surface area (Å²) in [5, 5.41) is 7.84. The van der Waals surface area contributed by atoms with Crippen LogP contribution in [0.25, 0.3) is 0 Å². The summed E-state index contributed by atoms with van der Waals surface area (Å²) in [6, 6.07) is 4.93. The second kappa shape index (κ2) is 6.19. The van der Waals surface area contributed by atoms with Gasteiger partial charge < -0.3 is 10.1 Å². The minimum atomic E-state index is -1.02. The summed E-state index contributed by atoms with van der Waals surface area (Å²) in [6.07, 6.45) is 1.60. The van der Waals surface area contributed by atoms with Crippen LogP contribution >= 0.6 is 15.9 Å². The molecule has 5 heteroatoms. The van der Waals surface area contributed by atoms with Crippen LogP contribution in [0.2, 0.25) is 0 Å². The van der Waals surface area contributed by atoms with Crippen molar-refractivity contribution in [2.24, 2.45) is 0 Å². The van der Waals surface area contributed by atoms with Crippen molar-refractivity contribution in [2.45, 2.75) is 0 Å². The van der Waals surface area contributed by atoms with Crippen LogP contribution in [0, 0.1) is 0 Å². The van der Waals surface area contributed by atoms with Gasteiger partial charge in [0, 0.05) is 12.3 Å². The first-order valence-corrected chi connectivity index (χ1v) is 4.04. The molecule has 0 aliphatic heterocycles. The van der Waals surface area contributed by atoms with Crippen molar-refractivity contribution in [3.63, 3.8) is 0 Å². The van der Waals surface area contributed by atoms with E-state index in [1.807, 2.05) is 0 Å². The molecule has 2 N–H and O–H groups in total. The summed E-state index contributed by atoms with van der Waals surface area (Å²) in [4.78, 5) is 22.2. The lowest BCUT2D eigenvalue weighted by atomic mass is 10.5. The molecule has 4 nitrogen and oxygen atoms in total. The van der Waals surface area contributed by atoms with Crippen LogP contribution in [0.5, 0.6) is 0 Å². The third-order valence-corrected chi connectivity index (χ3v) is 1.25. The van der Waals surface area contributed by atoms with Gasteiger partial charge >= 0.3 is 5.97 Å². The number of carbonyl (C=O) groups is 1. The highest BCUT2D eigenvalue weighted by atomic mass is 79.9. The standard InChI is InChI=1S/C5H5NO.C3H3BrO2/c7-5-3-1-2-4-6-5;1-2(4)3(5)6/h1-4H,(H,6,7);1H2,(H,5,6). The molecular weight excluding hydrogens is 238 g/mol. The third-order valence-electron chi connectivity index (χ3n) is 0.913. The molecule has 0 bridgehead atoms. The third kappa shape index (κ3) is 7.02. The molecule has 0 unspecified atom stereocenters. The SMILES string of the molecule is C=C(Br)C(=O)O.O=c1cccc[nH]1. The zero-order valence-corrected chi connectivity index (χ0v) is 8.24. The summed E-state index contributed by atoms with van der Waals surface area (Å²) in [6.45, 7) is 3.07. The molecular formula is C8H8BrNO3. The van der Waals surface area contributed by atoms with Crippen LogP contribution in [0.3, 0.4) is 0 Å². The number of aliphatic carboxylic acids is 1. The minimum absolute atomic E-state index is 0.0116. The van der Waals surface area contributed by atoms with Crippen LogP contribution < -0.4 is 5.56 Å². The fourth-order valence-corrected chi connectivity index (χ4v) is 0.377. The average Bonchev–Trinajstić information content (AvgIpc) is 2.06. The van der Waals surface area contributed by atoms with E-state index < -0.39 is 5.97 Å². The maximum absolute atomic E-state index is 10.2. The average molecular weight is 246 g/mol. The maximum Gasteiger partial charge on any atom is 0.342 e. The van der Waals surface area contributed by atoms with Crippen molar-refractivity contribution >= 4 is 21.9 Å². The van der Waals surface area contributed by atoms with E-state index >= 15 is 0 Å². The van der Waals surface area contributed by atoms with E-state index in [1.165, 1.54) is 6.07 Å². The van der Waals surface area contributed by atoms with Gasteiger partial charge in [0.1, 0.15) is 0 Å². The summed E-state index contributed by atoms with van der Waals surface area (Å²) in [7, 11) is 0. The number of hydrogen-bond donors (Lipinski definition) is 2. The maximum atomic E-state index is 10.2. The van der Waals surface area contributed by atoms with E-state index in [0.717, 1.165) is 0 Å². The van der Waals surface area contributed by atoms with Crippen molar-refractivity contribution < 1.29 is 9.90 Å². The second-order valence-electron chi connectivity index (χ2n) is 1.94. The Morgan fingerprint density at radius 2 is 2.08 bits per heavy atom. The lowest BCUT2D eigenvalue weighted by Crippen LogP contribution is -1.98. The molecule has 0 atom stereocenters. The molecule has 1 heterocycles. The van der Waals surface area contributed by atoms with Crippen molar-refractivity contribution in [3.8, 4) is 0 Å². The van der Waals surface area contributed by atoms with E-state index in [4.69, 9.17) is 5.11 Å². The molecule has 1 aromatic rings. The fraction of sp³-hybridized carbons (Fsp3) is 0. The number of hydrogen-bond acceptors (Lipinski definition) is 2. The molecule has 0 amide bonds. The van der Waals surface area contributed by atoms with Gasteiger partial charge in [-0.15, -0.1) is 0 Å². The molecule has 0 saturated carbocycles. The van der Waals surface area contributed by atoms with Crippen molar-refractivity contribution in [3.05, 3.63) is 45.8 Å². The zero-order valence-electron chi connectivity index (χ0n) is 6.66. The monoisotopic (exact) mass is 245 g/mol. The quantitative estimate of drug-likeness (QED) is 0.735. The number of aromatic nitrogens is 1. The molecule has 1 aromatic heterocycles. The zero-order chi connectivity index (χ0) is 10.3. The highest BCUT2D eigenvalue weighted by molar-refractivity contribution is 9.12. The number of rotatable bonds is 1. The summed E-state index contributed by atoms with van der Waals surface area (Å²) in [5.74, 6) is -1.02. The van der Waals surface area contributed by atoms with E-state index in [-0.39, 0.29) is 10.0 Å². The smallest absolute Gasteiger partial charge is 0.342 e. The van der Waals surface area contributed by atoms with E-state index in [1.54, 1.807) is 18.3 Å². The normalized spacial score (nSPS) is 8.08. The number of carboxylic acids is 1.